The summed E-state index contributed by atoms with van der Waals surface area (Å²) in [6.07, 6.45) is -2.27. The lowest BCUT2D eigenvalue weighted by Gasteiger charge is -2.06. The van der Waals surface area contributed by atoms with Crippen molar-refractivity contribution in [3.05, 3.63) is 35.1 Å². The smallest absolute Gasteiger partial charge is 0.338 e. The Morgan fingerprint density at radius 1 is 1.57 bits per heavy atom. The van der Waals surface area contributed by atoms with E-state index < -0.39 is 18.0 Å². The van der Waals surface area contributed by atoms with Gasteiger partial charge in [-0.2, -0.15) is 0 Å². The van der Waals surface area contributed by atoms with Crippen molar-refractivity contribution in [2.75, 3.05) is 0 Å². The fraction of sp³-hybridized carbons (Fsp3) is 0.300. The summed E-state index contributed by atoms with van der Waals surface area (Å²) in [6.45, 7) is 1.68. The highest BCUT2D eigenvalue weighted by atomic mass is 19.1. The molecule has 4 heteroatoms. The van der Waals surface area contributed by atoms with Gasteiger partial charge in [0.15, 0.2) is 0 Å². The fourth-order valence-electron chi connectivity index (χ4n) is 1.14. The molecule has 76 valence electrons. The molecule has 1 unspecified atom stereocenters. The van der Waals surface area contributed by atoms with Crippen LogP contribution in [0.3, 0.4) is 0 Å². The number of aliphatic carboxylic acids is 1. The largest absolute Gasteiger partial charge is 0.479 e. The molecule has 1 N–H and O–H groups in total. The molecule has 0 radical (unpaired) electrons. The van der Waals surface area contributed by atoms with E-state index in [-0.39, 0.29) is 6.42 Å². The van der Waals surface area contributed by atoms with Gasteiger partial charge in [-0.15, -0.1) is 0 Å². The van der Waals surface area contributed by atoms with Crippen LogP contribution >= 0.6 is 0 Å². The predicted octanol–water partition coefficient (Wildman–Crippen LogP) is 2.10. The van der Waals surface area contributed by atoms with Crippen LogP contribution in [0.1, 0.15) is 11.1 Å². The zero-order valence-electron chi connectivity index (χ0n) is 7.63. The molecule has 0 aromatic heterocycles. The minimum Gasteiger partial charge on any atom is -0.479 e. The van der Waals surface area contributed by atoms with Gasteiger partial charge >= 0.3 is 5.97 Å². The summed E-state index contributed by atoms with van der Waals surface area (Å²) in [4.78, 5) is 10.2. The van der Waals surface area contributed by atoms with E-state index in [0.717, 1.165) is 6.07 Å². The van der Waals surface area contributed by atoms with Crippen molar-refractivity contribution in [3.63, 3.8) is 0 Å². The summed E-state index contributed by atoms with van der Waals surface area (Å²) < 4.78 is 25.5. The summed E-state index contributed by atoms with van der Waals surface area (Å²) in [5.41, 5.74) is 1.08. The van der Waals surface area contributed by atoms with Gasteiger partial charge in [-0.1, -0.05) is 6.07 Å². The number of alkyl halides is 1. The number of halogens is 2. The van der Waals surface area contributed by atoms with Crippen molar-refractivity contribution >= 4 is 5.97 Å². The van der Waals surface area contributed by atoms with E-state index in [1.54, 1.807) is 6.92 Å². The van der Waals surface area contributed by atoms with Crippen molar-refractivity contribution in [2.45, 2.75) is 19.5 Å². The number of hydrogen-bond acceptors (Lipinski definition) is 1. The van der Waals surface area contributed by atoms with Crippen LogP contribution in [-0.2, 0) is 11.2 Å². The van der Waals surface area contributed by atoms with Crippen molar-refractivity contribution in [3.8, 4) is 0 Å². The van der Waals surface area contributed by atoms with Gasteiger partial charge in [0.1, 0.15) is 5.82 Å². The number of rotatable bonds is 3. The first-order valence-electron chi connectivity index (χ1n) is 4.12. The van der Waals surface area contributed by atoms with E-state index in [0.29, 0.717) is 11.1 Å². The molecule has 0 aliphatic rings. The number of benzene rings is 1. The van der Waals surface area contributed by atoms with Crippen LogP contribution in [0.15, 0.2) is 18.2 Å². The molecule has 0 aliphatic heterocycles. The second kappa shape index (κ2) is 4.17. The third-order valence-corrected chi connectivity index (χ3v) is 1.98. The zero-order chi connectivity index (χ0) is 10.7. The minimum atomic E-state index is -1.98. The highest BCUT2D eigenvalue weighted by molar-refractivity contribution is 5.72. The topological polar surface area (TPSA) is 37.3 Å². The van der Waals surface area contributed by atoms with Crippen LogP contribution in [0.4, 0.5) is 8.78 Å². The lowest BCUT2D eigenvalue weighted by Crippen LogP contribution is -2.17. The Morgan fingerprint density at radius 3 is 2.79 bits per heavy atom. The highest BCUT2D eigenvalue weighted by Crippen LogP contribution is 2.13. The molecular formula is C10H10F2O2. The van der Waals surface area contributed by atoms with Crippen molar-refractivity contribution in [1.29, 1.82) is 0 Å². The first-order valence-corrected chi connectivity index (χ1v) is 4.12. The summed E-state index contributed by atoms with van der Waals surface area (Å²) in [7, 11) is 0. The Kier molecular flexibility index (Phi) is 3.17. The average Bonchev–Trinajstić information content (AvgIpc) is 2.11. The van der Waals surface area contributed by atoms with E-state index >= 15 is 0 Å². The van der Waals surface area contributed by atoms with E-state index in [1.165, 1.54) is 12.1 Å². The molecule has 0 spiro atoms. The highest BCUT2D eigenvalue weighted by Gasteiger charge is 2.17. The molecule has 1 aromatic carbocycles. The number of aryl methyl sites for hydroxylation is 1. The summed E-state index contributed by atoms with van der Waals surface area (Å²) in [5, 5.41) is 8.33. The van der Waals surface area contributed by atoms with Crippen molar-refractivity contribution in [1.82, 2.24) is 0 Å². The predicted molar refractivity (Wildman–Crippen MR) is 47.4 cm³/mol. The van der Waals surface area contributed by atoms with Gasteiger partial charge in [0.05, 0.1) is 0 Å². The van der Waals surface area contributed by atoms with Crippen LogP contribution < -0.4 is 0 Å². The third kappa shape index (κ3) is 2.52. The van der Waals surface area contributed by atoms with Gasteiger partial charge in [-0.25, -0.2) is 13.6 Å². The van der Waals surface area contributed by atoms with Gasteiger partial charge in [0.25, 0.3) is 0 Å². The van der Waals surface area contributed by atoms with Gasteiger partial charge in [0, 0.05) is 6.42 Å². The molecule has 14 heavy (non-hydrogen) atoms. The molecule has 1 aromatic rings. The maximum Gasteiger partial charge on any atom is 0.338 e. The standard InChI is InChI=1S/C10H10F2O2/c1-6-2-3-8(11)4-7(6)5-9(12)10(13)14/h2-4,9H,5H2,1H3,(H,13,14). The molecule has 0 amide bonds. The minimum absolute atomic E-state index is 0.293. The van der Waals surface area contributed by atoms with Crippen molar-refractivity contribution in [2.24, 2.45) is 0 Å². The molecular weight excluding hydrogens is 190 g/mol. The normalized spacial score (nSPS) is 12.5. The van der Waals surface area contributed by atoms with Gasteiger partial charge in [-0.05, 0) is 30.2 Å². The Hall–Kier alpha value is -1.45. The summed E-state index contributed by atoms with van der Waals surface area (Å²) in [6, 6.07) is 3.91. The number of carbonyl (C=O) groups is 1. The first kappa shape index (κ1) is 10.6. The number of carboxylic acid groups (broad SMARTS) is 1. The second-order valence-electron chi connectivity index (χ2n) is 3.08. The Bertz CT molecular complexity index is 350. The Morgan fingerprint density at radius 2 is 2.21 bits per heavy atom. The maximum atomic E-state index is 12.8. The lowest BCUT2D eigenvalue weighted by atomic mass is 10.0. The number of hydrogen-bond donors (Lipinski definition) is 1. The average molecular weight is 200 g/mol. The van der Waals surface area contributed by atoms with Crippen LogP contribution in [0, 0.1) is 12.7 Å². The lowest BCUT2D eigenvalue weighted by molar-refractivity contribution is -0.142. The zero-order valence-corrected chi connectivity index (χ0v) is 7.63. The molecule has 1 rings (SSSR count). The monoisotopic (exact) mass is 200 g/mol. The van der Waals surface area contributed by atoms with Gasteiger partial charge in [-0.3, -0.25) is 0 Å². The fourth-order valence-corrected chi connectivity index (χ4v) is 1.14. The SMILES string of the molecule is Cc1ccc(F)cc1CC(F)C(=O)O. The van der Waals surface area contributed by atoms with E-state index in [9.17, 15) is 13.6 Å². The Labute approximate surface area is 80.2 Å². The molecule has 2 nitrogen and oxygen atoms in total. The second-order valence-corrected chi connectivity index (χ2v) is 3.08. The van der Waals surface area contributed by atoms with E-state index in [4.69, 9.17) is 5.11 Å². The van der Waals surface area contributed by atoms with Gasteiger partial charge < -0.3 is 5.11 Å². The van der Waals surface area contributed by atoms with Crippen molar-refractivity contribution < 1.29 is 18.7 Å². The molecule has 0 saturated heterocycles. The summed E-state index contributed by atoms with van der Waals surface area (Å²) >= 11 is 0. The van der Waals surface area contributed by atoms with Gasteiger partial charge in [0.2, 0.25) is 6.17 Å². The molecule has 0 heterocycles. The summed E-state index contributed by atoms with van der Waals surface area (Å²) in [5.74, 6) is -2.00. The maximum absolute atomic E-state index is 12.8. The first-order chi connectivity index (χ1) is 6.50. The van der Waals surface area contributed by atoms with Crippen LogP contribution in [0.2, 0.25) is 0 Å². The third-order valence-electron chi connectivity index (χ3n) is 1.98. The Balaban J connectivity index is 2.85. The number of carboxylic acids is 1. The molecule has 0 bridgehead atoms. The molecule has 0 aliphatic carbocycles. The van der Waals surface area contributed by atoms with E-state index in [1.807, 2.05) is 0 Å². The molecule has 0 fully saturated rings. The quantitative estimate of drug-likeness (QED) is 0.811. The van der Waals surface area contributed by atoms with Crippen LogP contribution in [-0.4, -0.2) is 17.2 Å². The molecule has 0 saturated carbocycles. The van der Waals surface area contributed by atoms with Crippen LogP contribution in [0.5, 0.6) is 0 Å². The van der Waals surface area contributed by atoms with E-state index in [2.05, 4.69) is 0 Å². The van der Waals surface area contributed by atoms with Crippen LogP contribution in [0.25, 0.3) is 0 Å². The molecule has 1 atom stereocenters.